The number of nitrogens with zero attached hydrogens (tertiary/aromatic N) is 4. The molecule has 8 nitrogen and oxygen atoms in total. The summed E-state index contributed by atoms with van der Waals surface area (Å²) in [6, 6.07) is 11.3. The van der Waals surface area contributed by atoms with Crippen molar-refractivity contribution in [1.82, 2.24) is 19.4 Å². The minimum absolute atomic E-state index is 0.0274. The predicted octanol–water partition coefficient (Wildman–Crippen LogP) is 2.80. The van der Waals surface area contributed by atoms with Gasteiger partial charge >= 0.3 is 0 Å². The lowest BCUT2D eigenvalue weighted by molar-refractivity contribution is -0.140. The number of pyridine rings is 1. The number of ketones is 1. The molecule has 1 aliphatic heterocycles. The van der Waals surface area contributed by atoms with Crippen LogP contribution in [0.5, 0.6) is 5.75 Å². The van der Waals surface area contributed by atoms with Gasteiger partial charge in [-0.2, -0.15) is 0 Å². The molecule has 3 aromatic rings. The quantitative estimate of drug-likeness (QED) is 0.360. The molecule has 0 spiro atoms. The van der Waals surface area contributed by atoms with Crippen molar-refractivity contribution < 1.29 is 19.4 Å². The Morgan fingerprint density at radius 2 is 2.00 bits per heavy atom. The summed E-state index contributed by atoms with van der Waals surface area (Å²) in [5, 5.41) is 11.0. The average Bonchev–Trinajstić information content (AvgIpc) is 3.41. The Labute approximate surface area is 179 Å². The van der Waals surface area contributed by atoms with Gasteiger partial charge in [0.15, 0.2) is 0 Å². The highest BCUT2D eigenvalue weighted by molar-refractivity contribution is 6.46. The molecule has 8 heteroatoms. The molecular formula is C23H22N4O4. The molecule has 1 atom stereocenters. The van der Waals surface area contributed by atoms with Gasteiger partial charge in [-0.25, -0.2) is 4.98 Å². The smallest absolute Gasteiger partial charge is 0.295 e. The summed E-state index contributed by atoms with van der Waals surface area (Å²) in [6.45, 7) is 0.979. The standard InChI is InChI=1S/C23H22N4O4/c1-31-17-7-4-6-16(14-17)21(28)19-20(18-8-2-3-9-25-18)27(23(30)22(19)29)12-5-11-26-13-10-24-15-26/h2-4,6-10,13-15,20,28H,5,11-12H2,1H3/b21-19+. The molecule has 158 valence electrons. The summed E-state index contributed by atoms with van der Waals surface area (Å²) in [5.74, 6) is -1.08. The van der Waals surface area contributed by atoms with Gasteiger partial charge in [0.05, 0.1) is 24.7 Å². The van der Waals surface area contributed by atoms with Crippen LogP contribution in [-0.2, 0) is 16.1 Å². The van der Waals surface area contributed by atoms with E-state index in [0.29, 0.717) is 36.5 Å². The molecule has 1 amide bonds. The fourth-order valence-corrected chi connectivity index (χ4v) is 3.72. The number of ether oxygens (including phenoxy) is 1. The van der Waals surface area contributed by atoms with Crippen molar-refractivity contribution in [3.8, 4) is 5.75 Å². The SMILES string of the molecule is COc1cccc(/C(O)=C2\C(=O)C(=O)N(CCCn3ccnc3)C2c2ccccn2)c1. The molecule has 0 aliphatic carbocycles. The maximum absolute atomic E-state index is 13.0. The number of benzene rings is 1. The second-order valence-corrected chi connectivity index (χ2v) is 7.13. The molecule has 1 fully saturated rings. The number of carbonyl (C=O) groups excluding carboxylic acids is 2. The zero-order valence-electron chi connectivity index (χ0n) is 17.0. The van der Waals surface area contributed by atoms with E-state index in [1.165, 1.54) is 12.0 Å². The molecule has 0 bridgehead atoms. The van der Waals surface area contributed by atoms with Crippen molar-refractivity contribution >= 4 is 17.4 Å². The lowest BCUT2D eigenvalue weighted by atomic mass is 9.98. The highest BCUT2D eigenvalue weighted by atomic mass is 16.5. The summed E-state index contributed by atoms with van der Waals surface area (Å²) >= 11 is 0. The number of hydrogen-bond acceptors (Lipinski definition) is 6. The molecule has 4 rings (SSSR count). The Bertz CT molecular complexity index is 1110. The minimum atomic E-state index is -0.768. The van der Waals surface area contributed by atoms with Crippen molar-refractivity contribution in [3.05, 3.63) is 84.2 Å². The molecule has 1 aromatic carbocycles. The first-order valence-corrected chi connectivity index (χ1v) is 9.89. The molecule has 1 aliphatic rings. The molecule has 0 radical (unpaired) electrons. The Kier molecular flexibility index (Phi) is 5.79. The number of rotatable bonds is 7. The number of hydrogen-bond donors (Lipinski definition) is 1. The van der Waals surface area contributed by atoms with Crippen molar-refractivity contribution in [1.29, 1.82) is 0 Å². The Morgan fingerprint density at radius 3 is 2.71 bits per heavy atom. The Balaban J connectivity index is 1.72. The predicted molar refractivity (Wildman–Crippen MR) is 113 cm³/mol. The number of aromatic nitrogens is 3. The summed E-state index contributed by atoms with van der Waals surface area (Å²) in [6.07, 6.45) is 7.45. The van der Waals surface area contributed by atoms with E-state index in [9.17, 15) is 14.7 Å². The van der Waals surface area contributed by atoms with Crippen LogP contribution in [-0.4, -0.2) is 49.9 Å². The number of aliphatic hydroxyl groups excluding tert-OH is 1. The largest absolute Gasteiger partial charge is 0.507 e. The maximum Gasteiger partial charge on any atom is 0.295 e. The minimum Gasteiger partial charge on any atom is -0.507 e. The summed E-state index contributed by atoms with van der Waals surface area (Å²) in [7, 11) is 1.52. The van der Waals surface area contributed by atoms with Crippen LogP contribution in [0.4, 0.5) is 0 Å². The molecule has 0 saturated carbocycles. The number of carbonyl (C=O) groups is 2. The van der Waals surface area contributed by atoms with E-state index in [1.54, 1.807) is 61.2 Å². The average molecular weight is 418 g/mol. The van der Waals surface area contributed by atoms with Crippen LogP contribution in [0.3, 0.4) is 0 Å². The lowest BCUT2D eigenvalue weighted by Crippen LogP contribution is -2.31. The van der Waals surface area contributed by atoms with Gasteiger partial charge in [0, 0.05) is 37.2 Å². The third kappa shape index (κ3) is 4.05. The van der Waals surface area contributed by atoms with Crippen molar-refractivity contribution in [2.24, 2.45) is 0 Å². The van der Waals surface area contributed by atoms with E-state index < -0.39 is 17.7 Å². The third-order valence-corrected chi connectivity index (χ3v) is 5.23. The number of aliphatic hydroxyl groups is 1. The van der Waals surface area contributed by atoms with Crippen LogP contribution in [0.25, 0.3) is 5.76 Å². The van der Waals surface area contributed by atoms with Gasteiger partial charge in [-0.05, 0) is 30.7 Å². The van der Waals surface area contributed by atoms with Crippen LogP contribution >= 0.6 is 0 Å². The van der Waals surface area contributed by atoms with E-state index in [2.05, 4.69) is 9.97 Å². The molecule has 31 heavy (non-hydrogen) atoms. The van der Waals surface area contributed by atoms with E-state index in [1.807, 2.05) is 10.8 Å². The van der Waals surface area contributed by atoms with Crippen LogP contribution in [0.2, 0.25) is 0 Å². The van der Waals surface area contributed by atoms with E-state index in [4.69, 9.17) is 4.74 Å². The Hall–Kier alpha value is -3.94. The van der Waals surface area contributed by atoms with Gasteiger partial charge < -0.3 is 19.3 Å². The summed E-state index contributed by atoms with van der Waals surface area (Å²) in [5.41, 5.74) is 0.949. The fourth-order valence-electron chi connectivity index (χ4n) is 3.72. The first kappa shape index (κ1) is 20.3. The first-order chi connectivity index (χ1) is 15.1. The number of methoxy groups -OCH3 is 1. The van der Waals surface area contributed by atoms with E-state index in [-0.39, 0.29) is 11.3 Å². The monoisotopic (exact) mass is 418 g/mol. The molecular weight excluding hydrogens is 396 g/mol. The van der Waals surface area contributed by atoms with E-state index >= 15 is 0 Å². The first-order valence-electron chi connectivity index (χ1n) is 9.89. The molecule has 1 N–H and O–H groups in total. The highest BCUT2D eigenvalue weighted by Gasteiger charge is 2.46. The van der Waals surface area contributed by atoms with Gasteiger partial charge in [-0.1, -0.05) is 18.2 Å². The summed E-state index contributed by atoms with van der Waals surface area (Å²) in [4.78, 5) is 35.7. The second-order valence-electron chi connectivity index (χ2n) is 7.13. The number of likely N-dealkylation sites (tertiary alicyclic amines) is 1. The highest BCUT2D eigenvalue weighted by Crippen LogP contribution is 2.39. The van der Waals surface area contributed by atoms with Gasteiger partial charge in [-0.15, -0.1) is 0 Å². The third-order valence-electron chi connectivity index (χ3n) is 5.23. The van der Waals surface area contributed by atoms with Gasteiger partial charge in [0.2, 0.25) is 0 Å². The topological polar surface area (TPSA) is 97.6 Å². The lowest BCUT2D eigenvalue weighted by Gasteiger charge is -2.24. The van der Waals surface area contributed by atoms with Gasteiger partial charge in [0.25, 0.3) is 11.7 Å². The van der Waals surface area contributed by atoms with Crippen LogP contribution < -0.4 is 4.74 Å². The fraction of sp³-hybridized carbons (Fsp3) is 0.217. The molecule has 3 heterocycles. The number of Topliss-reactive ketones (excluding diaryl/α,β-unsaturated/α-hetero) is 1. The normalized spacial score (nSPS) is 17.8. The summed E-state index contributed by atoms with van der Waals surface area (Å²) < 4.78 is 7.13. The van der Waals surface area contributed by atoms with Gasteiger partial charge in [-0.3, -0.25) is 14.6 Å². The number of imidazole rings is 1. The molecule has 1 unspecified atom stereocenters. The molecule has 2 aromatic heterocycles. The Morgan fingerprint density at radius 1 is 1.13 bits per heavy atom. The van der Waals surface area contributed by atoms with Crippen LogP contribution in [0, 0.1) is 0 Å². The number of amides is 1. The number of aryl methyl sites for hydroxylation is 1. The maximum atomic E-state index is 13.0. The second kappa shape index (κ2) is 8.83. The van der Waals surface area contributed by atoms with Crippen molar-refractivity contribution in [3.63, 3.8) is 0 Å². The van der Waals surface area contributed by atoms with E-state index in [0.717, 1.165) is 0 Å². The van der Waals surface area contributed by atoms with Crippen LogP contribution in [0.1, 0.15) is 23.7 Å². The molecule has 1 saturated heterocycles. The zero-order chi connectivity index (χ0) is 21.8. The van der Waals surface area contributed by atoms with Gasteiger partial charge in [0.1, 0.15) is 17.6 Å². The zero-order valence-corrected chi connectivity index (χ0v) is 17.0. The van der Waals surface area contributed by atoms with Crippen molar-refractivity contribution in [2.45, 2.75) is 19.0 Å². The van der Waals surface area contributed by atoms with Crippen molar-refractivity contribution in [2.75, 3.05) is 13.7 Å². The van der Waals surface area contributed by atoms with Crippen LogP contribution in [0.15, 0.2) is 73.0 Å².